The zero-order chi connectivity index (χ0) is 25.5. The summed E-state index contributed by atoms with van der Waals surface area (Å²) in [6.45, 7) is 6.10. The van der Waals surface area contributed by atoms with Gasteiger partial charge in [0.1, 0.15) is 5.60 Å². The molecule has 2 fully saturated rings. The van der Waals surface area contributed by atoms with E-state index >= 15 is 0 Å². The summed E-state index contributed by atoms with van der Waals surface area (Å²) in [5.41, 5.74) is 1.08. The molecule has 188 valence electrons. The second-order valence-corrected chi connectivity index (χ2v) is 10.9. The first-order chi connectivity index (χ1) is 17.2. The van der Waals surface area contributed by atoms with E-state index < -0.39 is 17.0 Å². The zero-order valence-corrected chi connectivity index (χ0v) is 20.8. The molecule has 2 aliphatic rings. The van der Waals surface area contributed by atoms with Crippen molar-refractivity contribution >= 4 is 12.1 Å². The summed E-state index contributed by atoms with van der Waals surface area (Å²) < 4.78 is 11.4. The maximum atomic E-state index is 13.4. The van der Waals surface area contributed by atoms with Crippen molar-refractivity contribution in [3.8, 4) is 11.5 Å². The van der Waals surface area contributed by atoms with Gasteiger partial charge in [-0.25, -0.2) is 9.59 Å². The molecule has 36 heavy (non-hydrogen) atoms. The molecule has 1 heterocycles. The maximum Gasteiger partial charge on any atom is 0.410 e. The van der Waals surface area contributed by atoms with Gasteiger partial charge < -0.3 is 19.3 Å². The van der Waals surface area contributed by atoms with Gasteiger partial charge in [-0.2, -0.15) is 4.98 Å². The standard InChI is InChI=1S/C28H31N3O5/c1-27(2,3)35-26(34)31(22-16-21(22)18-8-5-4-6-9-18)17-28(14-7-15-28)25-29-23(36-30-25)19-10-12-20(13-11-19)24(32)33/h4-6,8-13,21-22H,7,14-17H2,1-3H3,(H,32,33)/t21?,22-/m0/s1. The van der Waals surface area contributed by atoms with Crippen molar-refractivity contribution in [3.05, 3.63) is 71.5 Å². The topological polar surface area (TPSA) is 106 Å². The highest BCUT2D eigenvalue weighted by Crippen LogP contribution is 2.49. The summed E-state index contributed by atoms with van der Waals surface area (Å²) in [7, 11) is 0. The number of carbonyl (C=O) groups is 2. The zero-order valence-electron chi connectivity index (χ0n) is 20.8. The first-order valence-corrected chi connectivity index (χ1v) is 12.4. The molecule has 1 aromatic heterocycles. The van der Waals surface area contributed by atoms with Crippen molar-refractivity contribution in [2.75, 3.05) is 6.54 Å². The van der Waals surface area contributed by atoms with Crippen LogP contribution < -0.4 is 0 Å². The Morgan fingerprint density at radius 3 is 2.39 bits per heavy atom. The van der Waals surface area contributed by atoms with E-state index in [9.17, 15) is 9.59 Å². The Hall–Kier alpha value is -3.68. The largest absolute Gasteiger partial charge is 0.478 e. The molecule has 1 unspecified atom stereocenters. The van der Waals surface area contributed by atoms with Crippen LogP contribution in [0.2, 0.25) is 0 Å². The molecule has 1 N–H and O–H groups in total. The molecule has 0 radical (unpaired) electrons. The van der Waals surface area contributed by atoms with Gasteiger partial charge in [-0.15, -0.1) is 0 Å². The molecule has 1 amide bonds. The number of hydrogen-bond acceptors (Lipinski definition) is 6. The number of rotatable bonds is 7. The van der Waals surface area contributed by atoms with Gasteiger partial charge in [-0.1, -0.05) is 41.9 Å². The average Bonchev–Trinajstić information content (AvgIpc) is 3.45. The molecule has 2 saturated carbocycles. The van der Waals surface area contributed by atoms with E-state index in [1.807, 2.05) is 43.9 Å². The molecule has 2 aliphatic carbocycles. The van der Waals surface area contributed by atoms with Crippen molar-refractivity contribution in [2.45, 2.75) is 69.4 Å². The summed E-state index contributed by atoms with van der Waals surface area (Å²) >= 11 is 0. The summed E-state index contributed by atoms with van der Waals surface area (Å²) in [6, 6.07) is 16.7. The molecule has 0 aliphatic heterocycles. The monoisotopic (exact) mass is 489 g/mol. The summed E-state index contributed by atoms with van der Waals surface area (Å²) in [5, 5.41) is 13.5. The average molecular weight is 490 g/mol. The molecule has 3 aromatic rings. The van der Waals surface area contributed by atoms with Gasteiger partial charge >= 0.3 is 12.1 Å². The normalized spacial score (nSPS) is 20.3. The molecule has 0 bridgehead atoms. The predicted octanol–water partition coefficient (Wildman–Crippen LogP) is 5.65. The molecule has 2 atom stereocenters. The highest BCUT2D eigenvalue weighted by molar-refractivity contribution is 5.88. The van der Waals surface area contributed by atoms with Gasteiger partial charge in [-0.3, -0.25) is 0 Å². The third-order valence-corrected chi connectivity index (χ3v) is 7.08. The maximum absolute atomic E-state index is 13.4. The van der Waals surface area contributed by atoms with Crippen molar-refractivity contribution in [3.63, 3.8) is 0 Å². The fraction of sp³-hybridized carbons (Fsp3) is 0.429. The van der Waals surface area contributed by atoms with Crippen LogP contribution in [0, 0.1) is 0 Å². The minimum Gasteiger partial charge on any atom is -0.478 e. The van der Waals surface area contributed by atoms with Crippen LogP contribution in [-0.4, -0.2) is 50.4 Å². The molecule has 0 spiro atoms. The number of carbonyl (C=O) groups excluding carboxylic acids is 1. The number of hydrogen-bond donors (Lipinski definition) is 1. The van der Waals surface area contributed by atoms with Crippen LogP contribution in [0.15, 0.2) is 59.1 Å². The number of nitrogens with zero attached hydrogens (tertiary/aromatic N) is 3. The second-order valence-electron chi connectivity index (χ2n) is 10.9. The third kappa shape index (κ3) is 4.85. The lowest BCUT2D eigenvalue weighted by atomic mass is 9.67. The van der Waals surface area contributed by atoms with Crippen molar-refractivity contribution < 1.29 is 24.0 Å². The minimum atomic E-state index is -0.989. The van der Waals surface area contributed by atoms with Crippen LogP contribution in [-0.2, 0) is 10.2 Å². The molecule has 5 rings (SSSR count). The first kappa shape index (κ1) is 24.0. The Bertz CT molecular complexity index is 1240. The number of aromatic carboxylic acids is 1. The van der Waals surface area contributed by atoms with Gasteiger partial charge in [0.2, 0.25) is 0 Å². The van der Waals surface area contributed by atoms with E-state index in [-0.39, 0.29) is 23.6 Å². The van der Waals surface area contributed by atoms with E-state index in [0.29, 0.717) is 23.8 Å². The quantitative estimate of drug-likeness (QED) is 0.457. The van der Waals surface area contributed by atoms with Crippen LogP contribution in [0.25, 0.3) is 11.5 Å². The van der Waals surface area contributed by atoms with E-state index in [1.54, 1.807) is 12.1 Å². The Morgan fingerprint density at radius 2 is 1.81 bits per heavy atom. The SMILES string of the molecule is CC(C)(C)OC(=O)N(CC1(c2noc(-c3ccc(C(=O)O)cc3)n2)CCC1)[C@H]1CC1c1ccccc1. The number of benzene rings is 2. The number of ether oxygens (including phenoxy) is 1. The number of amides is 1. The lowest BCUT2D eigenvalue weighted by Gasteiger charge is -2.43. The van der Waals surface area contributed by atoms with Crippen molar-refractivity contribution in [2.24, 2.45) is 0 Å². The fourth-order valence-electron chi connectivity index (χ4n) is 4.92. The van der Waals surface area contributed by atoms with Crippen LogP contribution in [0.3, 0.4) is 0 Å². The molecule has 8 nitrogen and oxygen atoms in total. The molecular formula is C28H31N3O5. The number of aromatic nitrogens is 2. The van der Waals surface area contributed by atoms with Crippen molar-refractivity contribution in [1.29, 1.82) is 0 Å². The van der Waals surface area contributed by atoms with Gasteiger partial charge in [-0.05, 0) is 69.9 Å². The lowest BCUT2D eigenvalue weighted by Crippen LogP contribution is -2.50. The molecule has 2 aromatic carbocycles. The number of carboxylic acids is 1. The van der Waals surface area contributed by atoms with Crippen molar-refractivity contribution in [1.82, 2.24) is 15.0 Å². The Morgan fingerprint density at radius 1 is 1.11 bits per heavy atom. The highest BCUT2D eigenvalue weighted by atomic mass is 16.6. The number of carboxylic acid groups (broad SMARTS) is 1. The summed E-state index contributed by atoms with van der Waals surface area (Å²) in [6.07, 6.45) is 3.31. The van der Waals surface area contributed by atoms with Gasteiger partial charge in [0.05, 0.1) is 11.0 Å². The molecule has 8 heteroatoms. The lowest BCUT2D eigenvalue weighted by molar-refractivity contribution is 0.0123. The Labute approximate surface area is 210 Å². The predicted molar refractivity (Wildman–Crippen MR) is 133 cm³/mol. The van der Waals surface area contributed by atoms with E-state index in [0.717, 1.165) is 25.7 Å². The van der Waals surface area contributed by atoms with E-state index in [2.05, 4.69) is 22.3 Å². The van der Waals surface area contributed by atoms with Crippen LogP contribution in [0.1, 0.15) is 74.1 Å². The minimum absolute atomic E-state index is 0.0645. The van der Waals surface area contributed by atoms with Crippen LogP contribution >= 0.6 is 0 Å². The molecular weight excluding hydrogens is 458 g/mol. The highest BCUT2D eigenvalue weighted by Gasteiger charge is 2.52. The first-order valence-electron chi connectivity index (χ1n) is 12.4. The van der Waals surface area contributed by atoms with Gasteiger partial charge in [0.15, 0.2) is 5.82 Å². The third-order valence-electron chi connectivity index (χ3n) is 7.08. The van der Waals surface area contributed by atoms with Crippen LogP contribution in [0.4, 0.5) is 4.79 Å². The van der Waals surface area contributed by atoms with E-state index in [4.69, 9.17) is 14.4 Å². The summed E-state index contributed by atoms with van der Waals surface area (Å²) in [5.74, 6) is 0.212. The second kappa shape index (κ2) is 9.08. The van der Waals surface area contributed by atoms with Gasteiger partial charge in [0.25, 0.3) is 5.89 Å². The van der Waals surface area contributed by atoms with E-state index in [1.165, 1.54) is 17.7 Å². The molecule has 0 saturated heterocycles. The Balaban J connectivity index is 1.39. The van der Waals surface area contributed by atoms with Crippen LogP contribution in [0.5, 0.6) is 0 Å². The smallest absolute Gasteiger partial charge is 0.410 e. The van der Waals surface area contributed by atoms with Gasteiger partial charge in [0, 0.05) is 24.1 Å². The summed E-state index contributed by atoms with van der Waals surface area (Å²) in [4.78, 5) is 31.1. The Kier molecular flexibility index (Phi) is 6.06. The fourth-order valence-corrected chi connectivity index (χ4v) is 4.92.